The summed E-state index contributed by atoms with van der Waals surface area (Å²) in [7, 11) is 0. The quantitative estimate of drug-likeness (QED) is 0.403. The van der Waals surface area contributed by atoms with Crippen LogP contribution in [0.4, 0.5) is 4.39 Å². The van der Waals surface area contributed by atoms with Crippen molar-refractivity contribution in [3.8, 4) is 21.6 Å². The largest absolute Gasteiger partial charge is 0.207 e. The third-order valence-corrected chi connectivity index (χ3v) is 4.95. The standard InChI is InChI=1S/C20H13FS/c21-16-11-12-17-18(13-16)22-20(15-9-5-2-6-10-15)19(17)14-7-3-1-4-8-14/h1-13H. The van der Waals surface area contributed by atoms with Crippen LogP contribution in [0.2, 0.25) is 0 Å². The zero-order chi connectivity index (χ0) is 14.9. The summed E-state index contributed by atoms with van der Waals surface area (Å²) in [6, 6.07) is 25.7. The number of fused-ring (bicyclic) bond motifs is 1. The van der Waals surface area contributed by atoms with E-state index < -0.39 is 0 Å². The van der Waals surface area contributed by atoms with Crippen molar-refractivity contribution in [3.05, 3.63) is 84.7 Å². The molecule has 0 spiro atoms. The van der Waals surface area contributed by atoms with E-state index in [2.05, 4.69) is 24.3 Å². The van der Waals surface area contributed by atoms with E-state index in [4.69, 9.17) is 0 Å². The van der Waals surface area contributed by atoms with Gasteiger partial charge in [-0.2, -0.15) is 0 Å². The van der Waals surface area contributed by atoms with Gasteiger partial charge in [0.1, 0.15) is 5.82 Å². The molecule has 0 N–H and O–H groups in total. The number of rotatable bonds is 2. The molecule has 4 rings (SSSR count). The third kappa shape index (κ3) is 2.22. The van der Waals surface area contributed by atoms with E-state index in [9.17, 15) is 4.39 Å². The first-order valence-electron chi connectivity index (χ1n) is 7.16. The fraction of sp³-hybridized carbons (Fsp3) is 0. The average molecular weight is 304 g/mol. The Labute approximate surface area is 132 Å². The molecular weight excluding hydrogens is 291 g/mol. The lowest BCUT2D eigenvalue weighted by molar-refractivity contribution is 0.630. The molecule has 1 heterocycles. The normalized spacial score (nSPS) is 11.0. The number of hydrogen-bond donors (Lipinski definition) is 0. The highest BCUT2D eigenvalue weighted by Gasteiger charge is 2.15. The predicted molar refractivity (Wildman–Crippen MR) is 92.7 cm³/mol. The van der Waals surface area contributed by atoms with E-state index in [1.807, 2.05) is 42.5 Å². The van der Waals surface area contributed by atoms with Gasteiger partial charge in [-0.15, -0.1) is 11.3 Å². The molecule has 3 aromatic carbocycles. The third-order valence-electron chi connectivity index (χ3n) is 3.75. The Balaban J connectivity index is 2.07. The van der Waals surface area contributed by atoms with Gasteiger partial charge in [0.2, 0.25) is 0 Å². The van der Waals surface area contributed by atoms with Gasteiger partial charge in [-0.3, -0.25) is 0 Å². The van der Waals surface area contributed by atoms with Gasteiger partial charge < -0.3 is 0 Å². The van der Waals surface area contributed by atoms with Crippen LogP contribution in [0.5, 0.6) is 0 Å². The molecule has 4 aromatic rings. The van der Waals surface area contributed by atoms with E-state index in [0.717, 1.165) is 10.1 Å². The maximum absolute atomic E-state index is 13.6. The lowest BCUT2D eigenvalue weighted by atomic mass is 9.99. The molecule has 0 bridgehead atoms. The van der Waals surface area contributed by atoms with Crippen molar-refractivity contribution in [2.45, 2.75) is 0 Å². The molecule has 22 heavy (non-hydrogen) atoms. The minimum atomic E-state index is -0.187. The van der Waals surface area contributed by atoms with Gasteiger partial charge in [-0.25, -0.2) is 4.39 Å². The van der Waals surface area contributed by atoms with Gasteiger partial charge >= 0.3 is 0 Å². The second kappa shape index (κ2) is 5.39. The second-order valence-electron chi connectivity index (χ2n) is 5.18. The Morgan fingerprint density at radius 1 is 0.682 bits per heavy atom. The van der Waals surface area contributed by atoms with Crippen molar-refractivity contribution in [3.63, 3.8) is 0 Å². The predicted octanol–water partition coefficient (Wildman–Crippen LogP) is 6.37. The molecule has 0 fully saturated rings. The first-order chi connectivity index (χ1) is 10.8. The molecule has 0 aliphatic heterocycles. The monoisotopic (exact) mass is 304 g/mol. The topological polar surface area (TPSA) is 0 Å². The highest BCUT2D eigenvalue weighted by Crippen LogP contribution is 2.44. The molecule has 0 radical (unpaired) electrons. The van der Waals surface area contributed by atoms with Crippen molar-refractivity contribution < 1.29 is 4.39 Å². The Hall–Kier alpha value is -2.45. The van der Waals surface area contributed by atoms with E-state index in [1.165, 1.54) is 27.6 Å². The molecule has 106 valence electrons. The number of benzene rings is 3. The summed E-state index contributed by atoms with van der Waals surface area (Å²) < 4.78 is 14.6. The molecule has 0 aliphatic rings. The molecule has 0 amide bonds. The van der Waals surface area contributed by atoms with E-state index in [0.29, 0.717) is 0 Å². The molecule has 0 unspecified atom stereocenters. The van der Waals surface area contributed by atoms with Crippen molar-refractivity contribution in [1.82, 2.24) is 0 Å². The molecule has 2 heteroatoms. The minimum Gasteiger partial charge on any atom is -0.207 e. The van der Waals surface area contributed by atoms with Crippen LogP contribution < -0.4 is 0 Å². The summed E-state index contributed by atoms with van der Waals surface area (Å²) in [5.74, 6) is -0.187. The van der Waals surface area contributed by atoms with Crippen LogP contribution in [-0.2, 0) is 0 Å². The maximum atomic E-state index is 13.6. The summed E-state index contributed by atoms with van der Waals surface area (Å²) >= 11 is 1.65. The van der Waals surface area contributed by atoms with Crippen molar-refractivity contribution in [1.29, 1.82) is 0 Å². The fourth-order valence-electron chi connectivity index (χ4n) is 2.75. The Bertz CT molecular complexity index is 924. The molecule has 0 aliphatic carbocycles. The lowest BCUT2D eigenvalue weighted by Gasteiger charge is -2.05. The van der Waals surface area contributed by atoms with E-state index in [-0.39, 0.29) is 5.82 Å². The van der Waals surface area contributed by atoms with Crippen LogP contribution in [-0.4, -0.2) is 0 Å². The molecule has 0 saturated heterocycles. The minimum absolute atomic E-state index is 0.187. The highest BCUT2D eigenvalue weighted by atomic mass is 32.1. The number of halogens is 1. The summed E-state index contributed by atoms with van der Waals surface area (Å²) in [5, 5.41) is 1.11. The van der Waals surface area contributed by atoms with Gasteiger partial charge in [-0.1, -0.05) is 60.7 Å². The van der Waals surface area contributed by atoms with Crippen LogP contribution in [0, 0.1) is 5.82 Å². The smallest absolute Gasteiger partial charge is 0.124 e. The highest BCUT2D eigenvalue weighted by molar-refractivity contribution is 7.23. The Kier molecular flexibility index (Phi) is 3.24. The molecule has 0 nitrogen and oxygen atoms in total. The van der Waals surface area contributed by atoms with E-state index >= 15 is 0 Å². The zero-order valence-corrected chi connectivity index (χ0v) is 12.6. The Morgan fingerprint density at radius 2 is 1.32 bits per heavy atom. The van der Waals surface area contributed by atoms with Crippen molar-refractivity contribution in [2.75, 3.05) is 0 Å². The summed E-state index contributed by atoms with van der Waals surface area (Å²) in [4.78, 5) is 1.19. The second-order valence-corrected chi connectivity index (χ2v) is 6.23. The molecule has 1 aromatic heterocycles. The SMILES string of the molecule is Fc1ccc2c(-c3ccccc3)c(-c3ccccc3)sc2c1. The molecular formula is C20H13FS. The molecule has 0 atom stereocenters. The summed E-state index contributed by atoms with van der Waals surface area (Å²) in [6.45, 7) is 0. The van der Waals surface area contributed by atoms with Crippen molar-refractivity contribution in [2.24, 2.45) is 0 Å². The summed E-state index contributed by atoms with van der Waals surface area (Å²) in [5.41, 5.74) is 3.52. The van der Waals surface area contributed by atoms with Gasteiger partial charge in [-0.05, 0) is 29.3 Å². The maximum Gasteiger partial charge on any atom is 0.124 e. The molecule has 0 saturated carbocycles. The van der Waals surface area contributed by atoms with Gasteiger partial charge in [0, 0.05) is 20.5 Å². The van der Waals surface area contributed by atoms with Crippen LogP contribution >= 0.6 is 11.3 Å². The van der Waals surface area contributed by atoms with Crippen LogP contribution in [0.1, 0.15) is 0 Å². The lowest BCUT2D eigenvalue weighted by Crippen LogP contribution is -1.80. The zero-order valence-electron chi connectivity index (χ0n) is 11.8. The first-order valence-corrected chi connectivity index (χ1v) is 7.97. The van der Waals surface area contributed by atoms with Gasteiger partial charge in [0.05, 0.1) is 0 Å². The first kappa shape index (κ1) is 13.2. The average Bonchev–Trinajstić information content (AvgIpc) is 2.95. The van der Waals surface area contributed by atoms with Gasteiger partial charge in [0.25, 0.3) is 0 Å². The number of hydrogen-bond acceptors (Lipinski definition) is 1. The van der Waals surface area contributed by atoms with Crippen LogP contribution in [0.3, 0.4) is 0 Å². The van der Waals surface area contributed by atoms with Crippen LogP contribution in [0.25, 0.3) is 31.7 Å². The van der Waals surface area contributed by atoms with Crippen molar-refractivity contribution >= 4 is 21.4 Å². The fourth-order valence-corrected chi connectivity index (χ4v) is 4.01. The van der Waals surface area contributed by atoms with E-state index in [1.54, 1.807) is 17.4 Å². The Morgan fingerprint density at radius 3 is 2.00 bits per heavy atom. The summed E-state index contributed by atoms with van der Waals surface area (Å²) in [6.07, 6.45) is 0. The van der Waals surface area contributed by atoms with Crippen LogP contribution in [0.15, 0.2) is 78.9 Å². The number of thiophene rings is 1. The van der Waals surface area contributed by atoms with Gasteiger partial charge in [0.15, 0.2) is 0 Å².